The van der Waals surface area contributed by atoms with Crippen molar-refractivity contribution in [2.24, 2.45) is 35.5 Å². The van der Waals surface area contributed by atoms with Crippen molar-refractivity contribution in [1.82, 2.24) is 0 Å². The molecular formula is C24H36O6. The van der Waals surface area contributed by atoms with Crippen LogP contribution in [0.4, 0.5) is 9.59 Å². The van der Waals surface area contributed by atoms with Crippen LogP contribution in [0.3, 0.4) is 0 Å². The zero-order valence-electron chi connectivity index (χ0n) is 18.7. The van der Waals surface area contributed by atoms with Crippen LogP contribution in [0.2, 0.25) is 0 Å². The summed E-state index contributed by atoms with van der Waals surface area (Å²) in [6, 6.07) is 0. The maximum atomic E-state index is 10.9. The van der Waals surface area contributed by atoms with Crippen molar-refractivity contribution in [2.75, 3.05) is 27.4 Å². The summed E-state index contributed by atoms with van der Waals surface area (Å²) in [5.41, 5.74) is 3.17. The van der Waals surface area contributed by atoms with Crippen LogP contribution in [0.1, 0.15) is 52.4 Å². The first kappa shape index (κ1) is 22.7. The van der Waals surface area contributed by atoms with Gasteiger partial charge in [-0.2, -0.15) is 0 Å². The second-order valence-electron chi connectivity index (χ2n) is 9.06. The zero-order valence-corrected chi connectivity index (χ0v) is 18.7. The summed E-state index contributed by atoms with van der Waals surface area (Å²) in [6.07, 6.45) is 10.8. The maximum absolute atomic E-state index is 10.9. The van der Waals surface area contributed by atoms with E-state index in [-0.39, 0.29) is 0 Å². The van der Waals surface area contributed by atoms with E-state index in [0.717, 1.165) is 17.8 Å². The Labute approximate surface area is 180 Å². The van der Waals surface area contributed by atoms with Crippen LogP contribution < -0.4 is 0 Å². The summed E-state index contributed by atoms with van der Waals surface area (Å²) >= 11 is 0. The Balaban J connectivity index is 0.000000171. The number of fused-ring (bicyclic) bond motifs is 4. The van der Waals surface area contributed by atoms with Crippen LogP contribution in [-0.4, -0.2) is 39.7 Å². The molecule has 6 nitrogen and oxygen atoms in total. The van der Waals surface area contributed by atoms with E-state index in [1.165, 1.54) is 52.7 Å². The fourth-order valence-electron chi connectivity index (χ4n) is 6.12. The Morgan fingerprint density at radius 2 is 1.47 bits per heavy atom. The summed E-state index contributed by atoms with van der Waals surface area (Å²) in [7, 11) is 2.70. The fraction of sp³-hybridized carbons (Fsp3) is 0.750. The van der Waals surface area contributed by atoms with Crippen LogP contribution >= 0.6 is 0 Å². The van der Waals surface area contributed by atoms with Crippen molar-refractivity contribution >= 4 is 12.3 Å². The summed E-state index contributed by atoms with van der Waals surface area (Å²) < 4.78 is 19.0. The van der Waals surface area contributed by atoms with Gasteiger partial charge in [0.25, 0.3) is 0 Å². The van der Waals surface area contributed by atoms with Gasteiger partial charge in [-0.1, -0.05) is 23.3 Å². The zero-order chi connectivity index (χ0) is 21.7. The molecule has 0 aliphatic heterocycles. The molecule has 0 saturated heterocycles. The number of methoxy groups -OCH3 is 2. The number of carbonyl (C=O) groups is 2. The highest BCUT2D eigenvalue weighted by Crippen LogP contribution is 2.52. The number of carbonyl (C=O) groups excluding carboxylic acids is 2. The normalized spacial score (nSPS) is 35.9. The number of rotatable bonds is 4. The molecule has 168 valence electrons. The first-order valence-electron chi connectivity index (χ1n) is 11.2. The molecule has 0 aromatic heterocycles. The minimum atomic E-state index is -0.556. The van der Waals surface area contributed by atoms with Gasteiger partial charge in [0.15, 0.2) is 0 Å². The van der Waals surface area contributed by atoms with E-state index in [9.17, 15) is 9.59 Å². The Kier molecular flexibility index (Phi) is 7.84. The lowest BCUT2D eigenvalue weighted by Gasteiger charge is -2.23. The molecule has 0 spiro atoms. The maximum Gasteiger partial charge on any atom is 0.507 e. The van der Waals surface area contributed by atoms with Gasteiger partial charge in [-0.15, -0.1) is 0 Å². The van der Waals surface area contributed by atoms with Gasteiger partial charge in [0.2, 0.25) is 0 Å². The highest BCUT2D eigenvalue weighted by Gasteiger charge is 2.43. The van der Waals surface area contributed by atoms with Gasteiger partial charge >= 0.3 is 12.3 Å². The summed E-state index contributed by atoms with van der Waals surface area (Å²) in [5.74, 6) is 4.04. The Bertz CT molecular complexity index is 681. The van der Waals surface area contributed by atoms with Crippen molar-refractivity contribution in [3.8, 4) is 0 Å². The number of hydrogen-bond donors (Lipinski definition) is 0. The third-order valence-electron chi connectivity index (χ3n) is 7.56. The fourth-order valence-corrected chi connectivity index (χ4v) is 6.12. The molecule has 4 fully saturated rings. The second kappa shape index (κ2) is 10.4. The van der Waals surface area contributed by atoms with Gasteiger partial charge in [0, 0.05) is 5.92 Å². The molecule has 4 saturated carbocycles. The van der Waals surface area contributed by atoms with Crippen molar-refractivity contribution in [3.63, 3.8) is 0 Å². The molecule has 0 heterocycles. The van der Waals surface area contributed by atoms with Crippen LogP contribution in [-0.2, 0) is 18.9 Å². The molecule has 30 heavy (non-hydrogen) atoms. The molecule has 4 bridgehead atoms. The standard InChI is InChI=1S/2C12H18O3/c1-3-9-4-8-5-10(11(9)6-8)7-15-12(13)14-2;1-3-8-4-10-5-9(8)6-11(10)7-15-12(13)14-2/h3,8,10-11H,4-7H2,1-2H3;3,9-11H,4-7H2,1-2H3. The number of allylic oxidation sites excluding steroid dienone is 4. The van der Waals surface area contributed by atoms with Crippen molar-refractivity contribution in [3.05, 3.63) is 23.3 Å². The first-order chi connectivity index (χ1) is 14.5. The third kappa shape index (κ3) is 5.19. The van der Waals surface area contributed by atoms with Crippen molar-refractivity contribution in [2.45, 2.75) is 52.4 Å². The quantitative estimate of drug-likeness (QED) is 0.440. The Hall–Kier alpha value is -1.98. The van der Waals surface area contributed by atoms with Crippen LogP contribution in [0, 0.1) is 35.5 Å². The van der Waals surface area contributed by atoms with E-state index < -0.39 is 12.3 Å². The van der Waals surface area contributed by atoms with E-state index in [4.69, 9.17) is 9.47 Å². The minimum Gasteiger partial charge on any atom is -0.438 e. The van der Waals surface area contributed by atoms with Gasteiger partial charge in [-0.3, -0.25) is 0 Å². The molecule has 0 aromatic carbocycles. The monoisotopic (exact) mass is 420 g/mol. The first-order valence-corrected chi connectivity index (χ1v) is 11.2. The molecule has 6 unspecified atom stereocenters. The van der Waals surface area contributed by atoms with Gasteiger partial charge in [-0.25, -0.2) is 9.59 Å². The van der Waals surface area contributed by atoms with Gasteiger partial charge in [0.05, 0.1) is 27.4 Å². The number of hydrogen-bond acceptors (Lipinski definition) is 6. The van der Waals surface area contributed by atoms with Crippen molar-refractivity contribution in [1.29, 1.82) is 0 Å². The molecular weight excluding hydrogens is 384 g/mol. The molecule has 0 amide bonds. The average molecular weight is 421 g/mol. The molecule has 4 aliphatic carbocycles. The highest BCUT2D eigenvalue weighted by molar-refractivity contribution is 5.59. The molecule has 6 atom stereocenters. The molecule has 4 rings (SSSR count). The van der Waals surface area contributed by atoms with Gasteiger partial charge < -0.3 is 18.9 Å². The van der Waals surface area contributed by atoms with Crippen LogP contribution in [0.5, 0.6) is 0 Å². The molecule has 6 heteroatoms. The third-order valence-corrected chi connectivity index (χ3v) is 7.56. The van der Waals surface area contributed by atoms with E-state index in [1.807, 2.05) is 0 Å². The molecule has 0 radical (unpaired) electrons. The lowest BCUT2D eigenvalue weighted by molar-refractivity contribution is 0.0529. The molecule has 4 aliphatic rings. The smallest absolute Gasteiger partial charge is 0.438 e. The van der Waals surface area contributed by atoms with E-state index in [1.54, 1.807) is 11.1 Å². The largest absolute Gasteiger partial charge is 0.507 e. The predicted molar refractivity (Wildman–Crippen MR) is 113 cm³/mol. The average Bonchev–Trinajstić information content (AvgIpc) is 3.55. The molecule has 0 N–H and O–H groups in total. The summed E-state index contributed by atoms with van der Waals surface area (Å²) in [4.78, 5) is 21.7. The van der Waals surface area contributed by atoms with Crippen LogP contribution in [0.25, 0.3) is 0 Å². The van der Waals surface area contributed by atoms with E-state index in [0.29, 0.717) is 31.0 Å². The van der Waals surface area contributed by atoms with Crippen LogP contribution in [0.15, 0.2) is 23.3 Å². The lowest BCUT2D eigenvalue weighted by Crippen LogP contribution is -2.20. The van der Waals surface area contributed by atoms with Gasteiger partial charge in [0.1, 0.15) is 0 Å². The minimum absolute atomic E-state index is 0.519. The van der Waals surface area contributed by atoms with Crippen molar-refractivity contribution < 1.29 is 28.5 Å². The van der Waals surface area contributed by atoms with E-state index in [2.05, 4.69) is 35.5 Å². The number of ether oxygens (including phenoxy) is 4. The van der Waals surface area contributed by atoms with E-state index >= 15 is 0 Å². The summed E-state index contributed by atoms with van der Waals surface area (Å²) in [5, 5.41) is 0. The Morgan fingerprint density at radius 3 is 1.97 bits per heavy atom. The summed E-state index contributed by atoms with van der Waals surface area (Å²) in [6.45, 7) is 5.28. The highest BCUT2D eigenvalue weighted by atomic mass is 16.7. The lowest BCUT2D eigenvalue weighted by atomic mass is 9.85. The topological polar surface area (TPSA) is 71.1 Å². The Morgan fingerprint density at radius 1 is 0.833 bits per heavy atom. The predicted octanol–water partition coefficient (Wildman–Crippen LogP) is 5.52. The van der Waals surface area contributed by atoms with Gasteiger partial charge in [-0.05, 0) is 82.0 Å². The molecule has 0 aromatic rings. The SMILES string of the molecule is CC=C1CC2CC(COC(=O)OC)C1C2.CC=C1CC2CC1CC2COC(=O)OC. The second-order valence-corrected chi connectivity index (χ2v) is 9.06.